The Balaban J connectivity index is 2.20. The molecule has 1 N–H and O–H groups in total. The smallest absolute Gasteiger partial charge is 0.155 e. The van der Waals surface area contributed by atoms with Gasteiger partial charge in [0, 0.05) is 0 Å². The molecule has 1 fully saturated rings. The molecule has 0 saturated heterocycles. The quantitative estimate of drug-likeness (QED) is 0.762. The Morgan fingerprint density at radius 2 is 2.27 bits per heavy atom. The second-order valence-electron chi connectivity index (χ2n) is 4.11. The van der Waals surface area contributed by atoms with Gasteiger partial charge in [0.25, 0.3) is 0 Å². The van der Waals surface area contributed by atoms with Gasteiger partial charge < -0.3 is 9.84 Å². The molecule has 1 aromatic rings. The van der Waals surface area contributed by atoms with E-state index in [-0.39, 0.29) is 0 Å². The van der Waals surface area contributed by atoms with Crippen LogP contribution in [0.5, 0.6) is 5.75 Å². The van der Waals surface area contributed by atoms with Gasteiger partial charge in [-0.15, -0.1) is 0 Å². The fourth-order valence-corrected chi connectivity index (χ4v) is 1.33. The molecule has 0 radical (unpaired) electrons. The van der Waals surface area contributed by atoms with Crippen LogP contribution in [0.3, 0.4) is 0 Å². The van der Waals surface area contributed by atoms with Crippen LogP contribution in [0.4, 0.5) is 0 Å². The van der Waals surface area contributed by atoms with E-state index in [1.165, 1.54) is 6.92 Å². The molecule has 1 unspecified atom stereocenters. The highest BCUT2D eigenvalue weighted by atomic mass is 16.5. The highest BCUT2D eigenvalue weighted by Gasteiger charge is 2.25. The molecule has 1 atom stereocenters. The molecule has 1 aliphatic rings. The zero-order valence-corrected chi connectivity index (χ0v) is 8.64. The standard InChI is InChI=1S/C12H14O3/c1-12(14,8-13)9-3-2-4-11(7-9)15-10-5-6-10/h2-4,7-8,10,14H,5-6H2,1H3. The highest BCUT2D eigenvalue weighted by Crippen LogP contribution is 2.29. The van der Waals surface area contributed by atoms with Gasteiger partial charge in [-0.1, -0.05) is 12.1 Å². The topological polar surface area (TPSA) is 46.5 Å². The van der Waals surface area contributed by atoms with Gasteiger partial charge in [-0.05, 0) is 37.5 Å². The molecule has 0 spiro atoms. The van der Waals surface area contributed by atoms with E-state index >= 15 is 0 Å². The minimum Gasteiger partial charge on any atom is -0.490 e. The Labute approximate surface area is 88.7 Å². The van der Waals surface area contributed by atoms with E-state index in [1.54, 1.807) is 18.2 Å². The van der Waals surface area contributed by atoms with E-state index in [0.717, 1.165) is 18.6 Å². The third-order valence-electron chi connectivity index (χ3n) is 2.48. The average molecular weight is 206 g/mol. The molecule has 0 bridgehead atoms. The van der Waals surface area contributed by atoms with Crippen LogP contribution in [0.25, 0.3) is 0 Å². The van der Waals surface area contributed by atoms with Crippen molar-refractivity contribution >= 4 is 6.29 Å². The van der Waals surface area contributed by atoms with E-state index in [4.69, 9.17) is 4.74 Å². The van der Waals surface area contributed by atoms with Crippen LogP contribution >= 0.6 is 0 Å². The third-order valence-corrected chi connectivity index (χ3v) is 2.48. The van der Waals surface area contributed by atoms with Crippen molar-refractivity contribution in [1.82, 2.24) is 0 Å². The van der Waals surface area contributed by atoms with Crippen molar-refractivity contribution in [3.05, 3.63) is 29.8 Å². The van der Waals surface area contributed by atoms with E-state index in [2.05, 4.69) is 0 Å². The zero-order chi connectivity index (χ0) is 10.9. The molecule has 0 aliphatic heterocycles. The molecule has 0 aromatic heterocycles. The predicted molar refractivity (Wildman–Crippen MR) is 55.7 cm³/mol. The third kappa shape index (κ3) is 2.36. The summed E-state index contributed by atoms with van der Waals surface area (Å²) in [7, 11) is 0. The monoisotopic (exact) mass is 206 g/mol. The minimum absolute atomic E-state index is 0.321. The predicted octanol–water partition coefficient (Wildman–Crippen LogP) is 1.63. The molecule has 1 aromatic carbocycles. The van der Waals surface area contributed by atoms with Crippen molar-refractivity contribution in [1.29, 1.82) is 0 Å². The van der Waals surface area contributed by atoms with Crippen LogP contribution < -0.4 is 4.74 Å². The van der Waals surface area contributed by atoms with Crippen molar-refractivity contribution in [2.75, 3.05) is 0 Å². The lowest BCUT2D eigenvalue weighted by Crippen LogP contribution is -2.22. The number of carbonyl (C=O) groups is 1. The van der Waals surface area contributed by atoms with Crippen LogP contribution in [-0.4, -0.2) is 17.5 Å². The van der Waals surface area contributed by atoms with Gasteiger partial charge in [0.15, 0.2) is 6.29 Å². The zero-order valence-electron chi connectivity index (χ0n) is 8.64. The summed E-state index contributed by atoms with van der Waals surface area (Å²) in [6, 6.07) is 7.05. The summed E-state index contributed by atoms with van der Waals surface area (Å²) >= 11 is 0. The van der Waals surface area contributed by atoms with Crippen LogP contribution in [0.2, 0.25) is 0 Å². The Morgan fingerprint density at radius 1 is 1.53 bits per heavy atom. The molecule has 3 heteroatoms. The lowest BCUT2D eigenvalue weighted by atomic mass is 9.98. The van der Waals surface area contributed by atoms with Gasteiger partial charge in [-0.3, -0.25) is 4.79 Å². The first-order valence-corrected chi connectivity index (χ1v) is 5.08. The Morgan fingerprint density at radius 3 is 2.87 bits per heavy atom. The fraction of sp³-hybridized carbons (Fsp3) is 0.417. The molecular weight excluding hydrogens is 192 g/mol. The molecule has 0 amide bonds. The molecule has 1 saturated carbocycles. The van der Waals surface area contributed by atoms with Gasteiger partial charge in [0.05, 0.1) is 6.10 Å². The van der Waals surface area contributed by atoms with E-state index in [0.29, 0.717) is 18.0 Å². The molecule has 1 aliphatic carbocycles. The lowest BCUT2D eigenvalue weighted by molar-refractivity contribution is -0.123. The van der Waals surface area contributed by atoms with Gasteiger partial charge >= 0.3 is 0 Å². The molecule has 2 rings (SSSR count). The molecule has 3 nitrogen and oxygen atoms in total. The summed E-state index contributed by atoms with van der Waals surface area (Å²) in [6.07, 6.45) is 3.03. The number of ether oxygens (including phenoxy) is 1. The molecule has 15 heavy (non-hydrogen) atoms. The Hall–Kier alpha value is -1.35. The van der Waals surface area contributed by atoms with Crippen molar-refractivity contribution < 1.29 is 14.6 Å². The van der Waals surface area contributed by atoms with Crippen LogP contribution in [0, 0.1) is 0 Å². The van der Waals surface area contributed by atoms with E-state index in [9.17, 15) is 9.90 Å². The number of benzene rings is 1. The van der Waals surface area contributed by atoms with E-state index in [1.807, 2.05) is 6.07 Å². The highest BCUT2D eigenvalue weighted by molar-refractivity contribution is 5.65. The SMILES string of the molecule is CC(O)(C=O)c1cccc(OC2CC2)c1. The normalized spacial score (nSPS) is 19.3. The van der Waals surface area contributed by atoms with Gasteiger partial charge in [-0.25, -0.2) is 0 Å². The van der Waals surface area contributed by atoms with Crippen molar-refractivity contribution in [2.45, 2.75) is 31.5 Å². The summed E-state index contributed by atoms with van der Waals surface area (Å²) in [4.78, 5) is 10.7. The number of rotatable bonds is 4. The summed E-state index contributed by atoms with van der Waals surface area (Å²) < 4.78 is 5.58. The van der Waals surface area contributed by atoms with Gasteiger partial charge in [0.2, 0.25) is 0 Å². The first-order valence-electron chi connectivity index (χ1n) is 5.08. The van der Waals surface area contributed by atoms with Crippen molar-refractivity contribution in [2.24, 2.45) is 0 Å². The second-order valence-corrected chi connectivity index (χ2v) is 4.11. The maximum absolute atomic E-state index is 10.7. The number of carbonyl (C=O) groups excluding carboxylic acids is 1. The maximum atomic E-state index is 10.7. The number of hydrogen-bond acceptors (Lipinski definition) is 3. The van der Waals surface area contributed by atoms with Gasteiger partial charge in [0.1, 0.15) is 11.4 Å². The summed E-state index contributed by atoms with van der Waals surface area (Å²) in [5.41, 5.74) is -0.862. The van der Waals surface area contributed by atoms with Crippen molar-refractivity contribution in [3.63, 3.8) is 0 Å². The summed E-state index contributed by atoms with van der Waals surface area (Å²) in [6.45, 7) is 1.47. The maximum Gasteiger partial charge on any atom is 0.155 e. The van der Waals surface area contributed by atoms with E-state index < -0.39 is 5.60 Å². The van der Waals surface area contributed by atoms with Gasteiger partial charge in [-0.2, -0.15) is 0 Å². The fourth-order valence-electron chi connectivity index (χ4n) is 1.33. The Bertz CT molecular complexity index is 367. The summed E-state index contributed by atoms with van der Waals surface area (Å²) in [5.74, 6) is 0.720. The van der Waals surface area contributed by atoms with Crippen LogP contribution in [-0.2, 0) is 10.4 Å². The first kappa shape index (κ1) is 10.2. The second kappa shape index (κ2) is 3.66. The Kier molecular flexibility index (Phi) is 2.49. The van der Waals surface area contributed by atoms with Crippen molar-refractivity contribution in [3.8, 4) is 5.75 Å². The van der Waals surface area contributed by atoms with Crippen LogP contribution in [0.15, 0.2) is 24.3 Å². The number of hydrogen-bond donors (Lipinski definition) is 1. The van der Waals surface area contributed by atoms with Crippen LogP contribution in [0.1, 0.15) is 25.3 Å². The summed E-state index contributed by atoms with van der Waals surface area (Å²) in [5, 5.41) is 9.75. The largest absolute Gasteiger partial charge is 0.490 e. The molecule has 0 heterocycles. The molecular formula is C12H14O3. The lowest BCUT2D eigenvalue weighted by Gasteiger charge is -2.17. The number of aliphatic hydroxyl groups is 1. The molecule has 80 valence electrons. The average Bonchev–Trinajstić information content (AvgIpc) is 3.02. The minimum atomic E-state index is -1.43. The number of aldehydes is 1. The first-order chi connectivity index (χ1) is 7.12.